The van der Waals surface area contributed by atoms with Crippen LogP contribution in [0.2, 0.25) is 0 Å². The minimum absolute atomic E-state index is 0.0577. The van der Waals surface area contributed by atoms with Crippen LogP contribution < -0.4 is 9.04 Å². The lowest BCUT2D eigenvalue weighted by molar-refractivity contribution is 0.0527. The Labute approximate surface area is 187 Å². The Morgan fingerprint density at radius 2 is 1.88 bits per heavy atom. The third kappa shape index (κ3) is 4.27. The molecule has 0 atom stereocenters. The van der Waals surface area contributed by atoms with E-state index in [9.17, 15) is 13.2 Å². The number of sulfonamides is 1. The molecule has 1 heterocycles. The van der Waals surface area contributed by atoms with Gasteiger partial charge in [0.05, 0.1) is 34.0 Å². The molecule has 0 amide bonds. The molecule has 3 rings (SSSR count). The van der Waals surface area contributed by atoms with E-state index in [1.807, 2.05) is 0 Å². The molecule has 8 nitrogen and oxygen atoms in total. The zero-order chi connectivity index (χ0) is 23.5. The SMILES string of the molecule is CC#CCOc1ccc(S(=O)(=O)N(C)c2c(C(=O)OCC)ccc3c2c(C)nn3C)cc1. The first-order chi connectivity index (χ1) is 15.2. The highest BCUT2D eigenvalue weighted by Gasteiger charge is 2.29. The third-order valence-corrected chi connectivity index (χ3v) is 6.72. The van der Waals surface area contributed by atoms with Gasteiger partial charge in [0.2, 0.25) is 0 Å². The number of hydrogen-bond donors (Lipinski definition) is 0. The van der Waals surface area contributed by atoms with Crippen LogP contribution in [0.5, 0.6) is 5.75 Å². The van der Waals surface area contributed by atoms with Crippen LogP contribution >= 0.6 is 0 Å². The highest BCUT2D eigenvalue weighted by atomic mass is 32.2. The van der Waals surface area contributed by atoms with Gasteiger partial charge >= 0.3 is 5.97 Å². The molecule has 0 bridgehead atoms. The number of carbonyl (C=O) groups is 1. The number of anilines is 1. The van der Waals surface area contributed by atoms with E-state index in [4.69, 9.17) is 9.47 Å². The van der Waals surface area contributed by atoms with Crippen LogP contribution in [-0.2, 0) is 21.8 Å². The maximum atomic E-state index is 13.5. The Kier molecular flexibility index (Phi) is 6.75. The summed E-state index contributed by atoms with van der Waals surface area (Å²) in [7, 11) is -0.819. The molecule has 168 valence electrons. The van der Waals surface area contributed by atoms with Crippen LogP contribution in [0.3, 0.4) is 0 Å². The summed E-state index contributed by atoms with van der Waals surface area (Å²) in [5.41, 5.74) is 1.68. The average Bonchev–Trinajstić information content (AvgIpc) is 3.07. The van der Waals surface area contributed by atoms with Crippen molar-refractivity contribution in [2.75, 3.05) is 24.6 Å². The predicted molar refractivity (Wildman–Crippen MR) is 122 cm³/mol. The smallest absolute Gasteiger partial charge is 0.340 e. The van der Waals surface area contributed by atoms with Gasteiger partial charge in [0.15, 0.2) is 0 Å². The number of fused-ring (bicyclic) bond motifs is 1. The van der Waals surface area contributed by atoms with Gasteiger partial charge in [-0.15, -0.1) is 5.92 Å². The standard InChI is InChI=1S/C23H25N3O5S/c1-6-8-15-31-17-9-11-18(12-10-17)32(28,29)26(5)22-19(23(27)30-7-2)13-14-20-21(22)16(3)24-25(20)4/h9-14H,7,15H2,1-5H3. The molecule has 3 aromatic rings. The summed E-state index contributed by atoms with van der Waals surface area (Å²) in [5, 5.41) is 4.97. The maximum Gasteiger partial charge on any atom is 0.340 e. The number of aromatic nitrogens is 2. The van der Waals surface area contributed by atoms with E-state index < -0.39 is 16.0 Å². The summed E-state index contributed by atoms with van der Waals surface area (Å²) in [4.78, 5) is 12.7. The summed E-state index contributed by atoms with van der Waals surface area (Å²) in [5.74, 6) is 5.42. The number of carbonyl (C=O) groups excluding carboxylic acids is 1. The number of nitrogens with zero attached hydrogens (tertiary/aromatic N) is 3. The Morgan fingerprint density at radius 1 is 1.19 bits per heavy atom. The van der Waals surface area contributed by atoms with E-state index in [1.165, 1.54) is 19.2 Å². The molecule has 0 N–H and O–H groups in total. The number of ether oxygens (including phenoxy) is 2. The van der Waals surface area contributed by atoms with Gasteiger partial charge in [0, 0.05) is 19.5 Å². The lowest BCUT2D eigenvalue weighted by Gasteiger charge is -2.23. The Morgan fingerprint density at radius 3 is 2.50 bits per heavy atom. The monoisotopic (exact) mass is 455 g/mol. The molecular weight excluding hydrogens is 430 g/mol. The van der Waals surface area contributed by atoms with E-state index >= 15 is 0 Å². The number of rotatable bonds is 7. The fourth-order valence-electron chi connectivity index (χ4n) is 3.41. The van der Waals surface area contributed by atoms with Crippen LogP contribution in [-0.4, -0.2) is 44.4 Å². The van der Waals surface area contributed by atoms with Crippen LogP contribution in [0.1, 0.15) is 29.9 Å². The maximum absolute atomic E-state index is 13.5. The molecule has 0 aliphatic heterocycles. The van der Waals surface area contributed by atoms with Crippen LogP contribution in [0.15, 0.2) is 41.3 Å². The minimum Gasteiger partial charge on any atom is -0.481 e. The highest BCUT2D eigenvalue weighted by Crippen LogP contribution is 2.36. The summed E-state index contributed by atoms with van der Waals surface area (Å²) in [6, 6.07) is 9.35. The lowest BCUT2D eigenvalue weighted by Crippen LogP contribution is -2.28. The molecule has 2 aromatic carbocycles. The lowest BCUT2D eigenvalue weighted by atomic mass is 10.1. The van der Waals surface area contributed by atoms with Crippen molar-refractivity contribution in [3.63, 3.8) is 0 Å². The molecule has 0 aliphatic rings. The molecule has 32 heavy (non-hydrogen) atoms. The van der Waals surface area contributed by atoms with Crippen molar-refractivity contribution in [2.45, 2.75) is 25.7 Å². The summed E-state index contributed by atoms with van der Waals surface area (Å²) >= 11 is 0. The van der Waals surface area contributed by atoms with Crippen molar-refractivity contribution in [2.24, 2.45) is 7.05 Å². The summed E-state index contributed by atoms with van der Waals surface area (Å²) < 4.78 is 40.4. The van der Waals surface area contributed by atoms with E-state index in [1.54, 1.807) is 56.8 Å². The molecule has 0 radical (unpaired) electrons. The van der Waals surface area contributed by atoms with Crippen molar-refractivity contribution < 1.29 is 22.7 Å². The van der Waals surface area contributed by atoms with Crippen molar-refractivity contribution in [1.82, 2.24) is 9.78 Å². The van der Waals surface area contributed by atoms with E-state index in [-0.39, 0.29) is 29.4 Å². The summed E-state index contributed by atoms with van der Waals surface area (Å²) in [6.07, 6.45) is 0. The molecular formula is C23H25N3O5S. The van der Waals surface area contributed by atoms with Crippen molar-refractivity contribution in [3.8, 4) is 17.6 Å². The van der Waals surface area contributed by atoms with Gasteiger partial charge in [-0.3, -0.25) is 8.99 Å². The van der Waals surface area contributed by atoms with E-state index in [2.05, 4.69) is 16.9 Å². The van der Waals surface area contributed by atoms with Gasteiger partial charge in [0.25, 0.3) is 10.0 Å². The van der Waals surface area contributed by atoms with Crippen molar-refractivity contribution in [3.05, 3.63) is 47.7 Å². The fourth-order valence-corrected chi connectivity index (χ4v) is 4.64. The second-order valence-electron chi connectivity index (χ2n) is 6.94. The average molecular weight is 456 g/mol. The van der Waals surface area contributed by atoms with Gasteiger partial charge in [-0.1, -0.05) is 5.92 Å². The Hall–Kier alpha value is -3.51. The van der Waals surface area contributed by atoms with Gasteiger partial charge in [0.1, 0.15) is 12.4 Å². The molecule has 9 heteroatoms. The first-order valence-corrected chi connectivity index (χ1v) is 11.4. The van der Waals surface area contributed by atoms with E-state index in [0.29, 0.717) is 22.3 Å². The minimum atomic E-state index is -4.00. The first kappa shape index (κ1) is 23.2. The second kappa shape index (κ2) is 9.32. The fraction of sp³-hybridized carbons (Fsp3) is 0.304. The second-order valence-corrected chi connectivity index (χ2v) is 8.91. The first-order valence-electron chi connectivity index (χ1n) is 9.97. The number of hydrogen-bond acceptors (Lipinski definition) is 6. The number of esters is 1. The zero-order valence-corrected chi connectivity index (χ0v) is 19.5. The van der Waals surface area contributed by atoms with Crippen LogP contribution in [0.4, 0.5) is 5.69 Å². The van der Waals surface area contributed by atoms with Crippen molar-refractivity contribution >= 4 is 32.6 Å². The molecule has 0 saturated heterocycles. The normalized spacial score (nSPS) is 11.0. The highest BCUT2D eigenvalue weighted by molar-refractivity contribution is 7.92. The molecule has 1 aromatic heterocycles. The van der Waals surface area contributed by atoms with Gasteiger partial charge in [-0.25, -0.2) is 13.2 Å². The predicted octanol–water partition coefficient (Wildman–Crippen LogP) is 3.29. The Balaban J connectivity index is 2.11. The molecule has 0 unspecified atom stereocenters. The molecule has 0 fully saturated rings. The number of aryl methyl sites for hydroxylation is 2. The number of benzene rings is 2. The van der Waals surface area contributed by atoms with Gasteiger partial charge < -0.3 is 9.47 Å². The largest absolute Gasteiger partial charge is 0.481 e. The van der Waals surface area contributed by atoms with Crippen LogP contribution in [0.25, 0.3) is 10.9 Å². The quantitative estimate of drug-likeness (QED) is 0.401. The van der Waals surface area contributed by atoms with Crippen molar-refractivity contribution in [1.29, 1.82) is 0 Å². The topological polar surface area (TPSA) is 90.7 Å². The summed E-state index contributed by atoms with van der Waals surface area (Å²) in [6.45, 7) is 5.56. The molecule has 0 spiro atoms. The Bertz CT molecular complexity index is 1320. The van der Waals surface area contributed by atoms with Gasteiger partial charge in [-0.2, -0.15) is 5.10 Å². The van der Waals surface area contributed by atoms with Crippen LogP contribution in [0, 0.1) is 18.8 Å². The zero-order valence-electron chi connectivity index (χ0n) is 18.7. The van der Waals surface area contributed by atoms with E-state index in [0.717, 1.165) is 4.31 Å². The van der Waals surface area contributed by atoms with Gasteiger partial charge in [-0.05, 0) is 57.2 Å². The molecule has 0 aliphatic carbocycles. The third-order valence-electron chi connectivity index (χ3n) is 4.95. The molecule has 0 saturated carbocycles.